The lowest BCUT2D eigenvalue weighted by Crippen LogP contribution is -2.39. The van der Waals surface area contributed by atoms with Gasteiger partial charge in [0.1, 0.15) is 5.82 Å². The fraction of sp³-hybridized carbons (Fsp3) is 0.625. The Hall–Kier alpha value is -0.970. The van der Waals surface area contributed by atoms with Gasteiger partial charge in [-0.05, 0) is 31.7 Å². The standard InChI is InChI=1S/C16H23FN2O/c1-10(18)16(12-4-2-3-5-14(12)17)19-8-11-6-7-15(20)13(11)9-19/h2-5,10-11,13,15-16,20H,6-9,18H2,1H3. The smallest absolute Gasteiger partial charge is 0.128 e. The molecule has 2 fully saturated rings. The van der Waals surface area contributed by atoms with Gasteiger partial charge in [-0.15, -0.1) is 0 Å². The Labute approximate surface area is 119 Å². The summed E-state index contributed by atoms with van der Waals surface area (Å²) in [6, 6.07) is 6.65. The Morgan fingerprint density at radius 3 is 2.70 bits per heavy atom. The first-order valence-electron chi connectivity index (χ1n) is 7.50. The molecular formula is C16H23FN2O. The van der Waals surface area contributed by atoms with Crippen molar-refractivity contribution in [3.05, 3.63) is 35.6 Å². The molecule has 3 rings (SSSR count). The molecular weight excluding hydrogens is 255 g/mol. The van der Waals surface area contributed by atoms with Crippen LogP contribution >= 0.6 is 0 Å². The van der Waals surface area contributed by atoms with E-state index in [4.69, 9.17) is 5.73 Å². The number of aliphatic hydroxyl groups is 1. The first-order chi connectivity index (χ1) is 9.58. The highest BCUT2D eigenvalue weighted by Crippen LogP contribution is 2.42. The number of benzene rings is 1. The molecule has 20 heavy (non-hydrogen) atoms. The van der Waals surface area contributed by atoms with Crippen LogP contribution in [0.25, 0.3) is 0 Å². The van der Waals surface area contributed by atoms with Crippen LogP contribution in [0.1, 0.15) is 31.4 Å². The molecule has 3 N–H and O–H groups in total. The van der Waals surface area contributed by atoms with Gasteiger partial charge in [-0.3, -0.25) is 4.90 Å². The Morgan fingerprint density at radius 1 is 1.30 bits per heavy atom. The van der Waals surface area contributed by atoms with Crippen molar-refractivity contribution >= 4 is 0 Å². The van der Waals surface area contributed by atoms with Crippen molar-refractivity contribution in [2.75, 3.05) is 13.1 Å². The first kappa shape index (κ1) is 14.0. The predicted octanol–water partition coefficient (Wildman–Crippen LogP) is 1.92. The average molecular weight is 278 g/mol. The molecule has 0 aromatic heterocycles. The van der Waals surface area contributed by atoms with Gasteiger partial charge < -0.3 is 10.8 Å². The van der Waals surface area contributed by atoms with Crippen LogP contribution < -0.4 is 5.73 Å². The van der Waals surface area contributed by atoms with Crippen LogP contribution in [-0.4, -0.2) is 35.2 Å². The molecule has 1 saturated carbocycles. The number of hydrogen-bond donors (Lipinski definition) is 2. The number of nitrogens with two attached hydrogens (primary N) is 1. The summed E-state index contributed by atoms with van der Waals surface area (Å²) < 4.78 is 14.1. The minimum Gasteiger partial charge on any atom is -0.393 e. The zero-order valence-electron chi connectivity index (χ0n) is 11.9. The zero-order valence-corrected chi connectivity index (χ0v) is 11.9. The van der Waals surface area contributed by atoms with Gasteiger partial charge in [0.25, 0.3) is 0 Å². The summed E-state index contributed by atoms with van der Waals surface area (Å²) in [6.45, 7) is 3.68. The molecule has 0 amide bonds. The highest BCUT2D eigenvalue weighted by molar-refractivity contribution is 5.23. The topological polar surface area (TPSA) is 49.5 Å². The second kappa shape index (κ2) is 5.43. The van der Waals surface area contributed by atoms with Crippen LogP contribution in [0.4, 0.5) is 4.39 Å². The highest BCUT2D eigenvalue weighted by atomic mass is 19.1. The molecule has 0 bridgehead atoms. The Balaban J connectivity index is 1.84. The molecule has 5 atom stereocenters. The predicted molar refractivity (Wildman–Crippen MR) is 76.6 cm³/mol. The first-order valence-corrected chi connectivity index (χ1v) is 7.50. The molecule has 1 aromatic rings. The minimum absolute atomic E-state index is 0.103. The Morgan fingerprint density at radius 2 is 2.05 bits per heavy atom. The fourth-order valence-electron chi connectivity index (χ4n) is 4.03. The van der Waals surface area contributed by atoms with Crippen LogP contribution in [-0.2, 0) is 0 Å². The third-order valence-corrected chi connectivity index (χ3v) is 4.96. The van der Waals surface area contributed by atoms with E-state index in [0.717, 1.165) is 25.9 Å². The summed E-state index contributed by atoms with van der Waals surface area (Å²) in [5.41, 5.74) is 6.81. The molecule has 1 saturated heterocycles. The van der Waals surface area contributed by atoms with E-state index < -0.39 is 0 Å². The molecule has 0 spiro atoms. The second-order valence-electron chi connectivity index (χ2n) is 6.35. The van der Waals surface area contributed by atoms with Gasteiger partial charge >= 0.3 is 0 Å². The van der Waals surface area contributed by atoms with Gasteiger partial charge in [0.05, 0.1) is 12.1 Å². The largest absolute Gasteiger partial charge is 0.393 e. The van der Waals surface area contributed by atoms with Gasteiger partial charge in [-0.1, -0.05) is 18.2 Å². The van der Waals surface area contributed by atoms with Gasteiger partial charge in [0.2, 0.25) is 0 Å². The molecule has 1 heterocycles. The van der Waals surface area contributed by atoms with Crippen LogP contribution in [0.3, 0.4) is 0 Å². The number of aliphatic hydroxyl groups excluding tert-OH is 1. The highest BCUT2D eigenvalue weighted by Gasteiger charge is 2.44. The number of halogens is 1. The van der Waals surface area contributed by atoms with E-state index >= 15 is 0 Å². The van der Waals surface area contributed by atoms with Crippen molar-refractivity contribution < 1.29 is 9.50 Å². The van der Waals surface area contributed by atoms with E-state index in [0.29, 0.717) is 17.4 Å². The lowest BCUT2D eigenvalue weighted by molar-refractivity contribution is 0.114. The number of fused-ring (bicyclic) bond motifs is 1. The molecule has 1 aliphatic heterocycles. The summed E-state index contributed by atoms with van der Waals surface area (Å²) in [5, 5.41) is 10.0. The van der Waals surface area contributed by atoms with E-state index in [1.807, 2.05) is 19.1 Å². The van der Waals surface area contributed by atoms with Crippen molar-refractivity contribution in [1.29, 1.82) is 0 Å². The minimum atomic E-state index is -0.195. The van der Waals surface area contributed by atoms with Gasteiger partial charge in [-0.2, -0.15) is 0 Å². The number of likely N-dealkylation sites (tertiary alicyclic amines) is 1. The van der Waals surface area contributed by atoms with Crippen molar-refractivity contribution in [3.8, 4) is 0 Å². The maximum absolute atomic E-state index is 14.1. The Kier molecular flexibility index (Phi) is 3.80. The summed E-state index contributed by atoms with van der Waals surface area (Å²) in [7, 11) is 0. The third-order valence-electron chi connectivity index (χ3n) is 4.96. The van der Waals surface area contributed by atoms with Crippen molar-refractivity contribution in [2.45, 2.75) is 38.0 Å². The van der Waals surface area contributed by atoms with Crippen molar-refractivity contribution in [2.24, 2.45) is 17.6 Å². The van der Waals surface area contributed by atoms with Gasteiger partial charge in [0.15, 0.2) is 0 Å². The Bertz CT molecular complexity index is 479. The van der Waals surface area contributed by atoms with Gasteiger partial charge in [0, 0.05) is 30.6 Å². The lowest BCUT2D eigenvalue weighted by atomic mass is 9.98. The SMILES string of the molecule is CC(N)C(c1ccccc1F)N1CC2CCC(O)C2C1. The van der Waals surface area contributed by atoms with Crippen molar-refractivity contribution in [3.63, 3.8) is 0 Å². The molecule has 0 radical (unpaired) electrons. The molecule has 2 aliphatic rings. The van der Waals surface area contributed by atoms with E-state index in [1.54, 1.807) is 6.07 Å². The zero-order chi connectivity index (χ0) is 14.3. The van der Waals surface area contributed by atoms with Crippen LogP contribution in [0.5, 0.6) is 0 Å². The molecule has 1 aliphatic carbocycles. The number of nitrogens with zero attached hydrogens (tertiary/aromatic N) is 1. The van der Waals surface area contributed by atoms with Crippen LogP contribution in [0.15, 0.2) is 24.3 Å². The summed E-state index contributed by atoms with van der Waals surface area (Å²) >= 11 is 0. The number of rotatable bonds is 3. The van der Waals surface area contributed by atoms with Gasteiger partial charge in [-0.25, -0.2) is 4.39 Å². The van der Waals surface area contributed by atoms with Crippen molar-refractivity contribution in [1.82, 2.24) is 4.90 Å². The maximum atomic E-state index is 14.1. The fourth-order valence-corrected chi connectivity index (χ4v) is 4.03. The van der Waals surface area contributed by atoms with E-state index in [-0.39, 0.29) is 24.0 Å². The summed E-state index contributed by atoms with van der Waals surface area (Å²) in [6.07, 6.45) is 1.79. The average Bonchev–Trinajstić information content (AvgIpc) is 2.95. The van der Waals surface area contributed by atoms with Crippen LogP contribution in [0, 0.1) is 17.7 Å². The molecule has 5 unspecified atom stereocenters. The molecule has 4 heteroatoms. The molecule has 3 nitrogen and oxygen atoms in total. The quantitative estimate of drug-likeness (QED) is 0.888. The van der Waals surface area contributed by atoms with E-state index in [1.165, 1.54) is 6.07 Å². The lowest BCUT2D eigenvalue weighted by Gasteiger charge is -2.32. The monoisotopic (exact) mass is 278 g/mol. The maximum Gasteiger partial charge on any atom is 0.128 e. The molecule has 1 aromatic carbocycles. The van der Waals surface area contributed by atoms with E-state index in [2.05, 4.69) is 4.90 Å². The molecule has 110 valence electrons. The summed E-state index contributed by atoms with van der Waals surface area (Å²) in [4.78, 5) is 2.26. The third kappa shape index (κ3) is 2.36. The summed E-state index contributed by atoms with van der Waals surface area (Å²) in [5.74, 6) is 0.688. The van der Waals surface area contributed by atoms with E-state index in [9.17, 15) is 9.50 Å². The van der Waals surface area contributed by atoms with Crippen LogP contribution in [0.2, 0.25) is 0 Å². The normalized spacial score (nSPS) is 33.1. The second-order valence-corrected chi connectivity index (χ2v) is 6.35. The number of hydrogen-bond acceptors (Lipinski definition) is 3.